The van der Waals surface area contributed by atoms with Crippen molar-refractivity contribution in [2.45, 2.75) is 6.04 Å². The minimum Gasteiger partial charge on any atom is -0.392 e. The van der Waals surface area contributed by atoms with Gasteiger partial charge in [-0.3, -0.25) is 0 Å². The van der Waals surface area contributed by atoms with Gasteiger partial charge in [-0.25, -0.2) is 0 Å². The van der Waals surface area contributed by atoms with E-state index < -0.39 is 0 Å². The van der Waals surface area contributed by atoms with Gasteiger partial charge in [-0.15, -0.1) is 11.3 Å². The first-order chi connectivity index (χ1) is 4.72. The Kier molecular flexibility index (Phi) is 2.37. The van der Waals surface area contributed by atoms with Crippen molar-refractivity contribution in [1.82, 2.24) is 0 Å². The Morgan fingerprint density at radius 1 is 1.70 bits per heavy atom. The first kappa shape index (κ1) is 7.65. The van der Waals surface area contributed by atoms with Crippen molar-refractivity contribution in [2.75, 3.05) is 0 Å². The first-order valence-electron chi connectivity index (χ1n) is 2.80. The first-order valence-corrected chi connectivity index (χ1v) is 4.09. The molecule has 0 aliphatic carbocycles. The van der Waals surface area contributed by atoms with E-state index in [0.29, 0.717) is 4.99 Å². The average Bonchev–Trinajstić information content (AvgIpc) is 2.36. The Hall–Kier alpha value is -0.450. The molecule has 0 aromatic carbocycles. The van der Waals surface area contributed by atoms with Gasteiger partial charge in [0.25, 0.3) is 0 Å². The summed E-state index contributed by atoms with van der Waals surface area (Å²) in [5, 5.41) is 1.95. The zero-order valence-corrected chi connectivity index (χ0v) is 6.91. The Morgan fingerprint density at radius 2 is 2.40 bits per heavy atom. The van der Waals surface area contributed by atoms with Crippen LogP contribution in [0, 0.1) is 0 Å². The predicted octanol–water partition coefficient (Wildman–Crippen LogP) is 1.03. The Morgan fingerprint density at radius 3 is 2.80 bits per heavy atom. The summed E-state index contributed by atoms with van der Waals surface area (Å²) >= 11 is 6.29. The molecule has 0 saturated carbocycles. The molecule has 1 atom stereocenters. The van der Waals surface area contributed by atoms with Gasteiger partial charge in [-0.05, 0) is 11.4 Å². The molecule has 4 N–H and O–H groups in total. The highest BCUT2D eigenvalue weighted by molar-refractivity contribution is 7.80. The van der Waals surface area contributed by atoms with Crippen LogP contribution in [0.15, 0.2) is 17.5 Å². The lowest BCUT2D eigenvalue weighted by atomic mass is 10.2. The molecular weight excluding hydrogens is 164 g/mol. The van der Waals surface area contributed by atoms with Gasteiger partial charge in [-0.2, -0.15) is 0 Å². The lowest BCUT2D eigenvalue weighted by Crippen LogP contribution is -2.25. The van der Waals surface area contributed by atoms with Gasteiger partial charge in [0.05, 0.1) is 11.0 Å². The molecule has 0 amide bonds. The molecule has 0 aliphatic rings. The minimum atomic E-state index is -0.269. The van der Waals surface area contributed by atoms with E-state index in [4.69, 9.17) is 23.7 Å². The van der Waals surface area contributed by atoms with Crippen LogP contribution in [0.25, 0.3) is 0 Å². The summed E-state index contributed by atoms with van der Waals surface area (Å²) in [6.07, 6.45) is 0. The Labute approximate surface area is 68.8 Å². The highest BCUT2D eigenvalue weighted by Gasteiger charge is 2.07. The van der Waals surface area contributed by atoms with E-state index in [9.17, 15) is 0 Å². The van der Waals surface area contributed by atoms with Crippen LogP contribution >= 0.6 is 23.6 Å². The molecular formula is C6H8N2S2. The normalized spacial score (nSPS) is 12.9. The maximum absolute atomic E-state index is 5.63. The van der Waals surface area contributed by atoms with Gasteiger partial charge in [0, 0.05) is 4.88 Å². The largest absolute Gasteiger partial charge is 0.392 e. The van der Waals surface area contributed by atoms with Gasteiger partial charge in [0.1, 0.15) is 0 Å². The standard InChI is InChI=1S/C6H8N2S2/c7-5(6(8)9)4-2-1-3-10-4/h1-3,5H,7H2,(H2,8,9). The third-order valence-electron chi connectivity index (χ3n) is 1.16. The summed E-state index contributed by atoms with van der Waals surface area (Å²) in [6, 6.07) is 3.59. The third-order valence-corrected chi connectivity index (χ3v) is 2.37. The zero-order valence-electron chi connectivity index (χ0n) is 5.28. The molecule has 0 radical (unpaired) electrons. The molecule has 0 saturated heterocycles. The molecule has 10 heavy (non-hydrogen) atoms. The van der Waals surface area contributed by atoms with Gasteiger partial charge in [0.15, 0.2) is 0 Å². The maximum Gasteiger partial charge on any atom is 0.0952 e. The lowest BCUT2D eigenvalue weighted by Gasteiger charge is -2.04. The number of nitrogens with two attached hydrogens (primary N) is 2. The quantitative estimate of drug-likeness (QED) is 0.655. The fourth-order valence-corrected chi connectivity index (χ4v) is 1.55. The summed E-state index contributed by atoms with van der Waals surface area (Å²) in [4.78, 5) is 1.37. The predicted molar refractivity (Wildman–Crippen MR) is 48.0 cm³/mol. The highest BCUT2D eigenvalue weighted by atomic mass is 32.1. The van der Waals surface area contributed by atoms with E-state index in [1.54, 1.807) is 11.3 Å². The molecule has 2 nitrogen and oxygen atoms in total. The van der Waals surface area contributed by atoms with Crippen molar-refractivity contribution in [3.05, 3.63) is 22.4 Å². The van der Waals surface area contributed by atoms with Crippen LogP contribution in [0.3, 0.4) is 0 Å². The number of thiophene rings is 1. The van der Waals surface area contributed by atoms with Crippen LogP contribution < -0.4 is 11.5 Å². The van der Waals surface area contributed by atoms with Crippen LogP contribution in [0.4, 0.5) is 0 Å². The SMILES string of the molecule is NC(=S)C(N)c1cccs1. The topological polar surface area (TPSA) is 52.0 Å². The second-order valence-corrected chi connectivity index (χ2v) is 3.35. The zero-order chi connectivity index (χ0) is 7.56. The molecule has 4 heteroatoms. The number of hydrogen-bond donors (Lipinski definition) is 2. The van der Waals surface area contributed by atoms with Crippen molar-refractivity contribution in [3.8, 4) is 0 Å². The molecule has 1 rings (SSSR count). The van der Waals surface area contributed by atoms with Crippen LogP contribution in [-0.4, -0.2) is 4.99 Å². The number of hydrogen-bond acceptors (Lipinski definition) is 3. The Bertz CT molecular complexity index is 218. The highest BCUT2D eigenvalue weighted by Crippen LogP contribution is 2.16. The third kappa shape index (κ3) is 1.53. The van der Waals surface area contributed by atoms with E-state index in [-0.39, 0.29) is 6.04 Å². The Balaban J connectivity index is 2.77. The molecule has 1 aromatic heterocycles. The molecule has 0 bridgehead atoms. The monoisotopic (exact) mass is 172 g/mol. The fraction of sp³-hybridized carbons (Fsp3) is 0.167. The fourth-order valence-electron chi connectivity index (χ4n) is 0.608. The lowest BCUT2D eigenvalue weighted by molar-refractivity contribution is 0.995. The van der Waals surface area contributed by atoms with Gasteiger partial charge in [0.2, 0.25) is 0 Å². The summed E-state index contributed by atoms with van der Waals surface area (Å²) in [6.45, 7) is 0. The molecule has 1 unspecified atom stereocenters. The average molecular weight is 172 g/mol. The summed E-state index contributed by atoms with van der Waals surface area (Å²) in [5.74, 6) is 0. The maximum atomic E-state index is 5.63. The van der Waals surface area contributed by atoms with Gasteiger partial charge < -0.3 is 11.5 Å². The summed E-state index contributed by atoms with van der Waals surface area (Å²) < 4.78 is 0. The summed E-state index contributed by atoms with van der Waals surface area (Å²) in [7, 11) is 0. The second kappa shape index (κ2) is 3.09. The van der Waals surface area contributed by atoms with E-state index in [0.717, 1.165) is 4.88 Å². The van der Waals surface area contributed by atoms with Crippen LogP contribution in [-0.2, 0) is 0 Å². The van der Waals surface area contributed by atoms with Crippen LogP contribution in [0.1, 0.15) is 10.9 Å². The molecule has 1 aromatic rings. The van der Waals surface area contributed by atoms with Crippen molar-refractivity contribution in [1.29, 1.82) is 0 Å². The summed E-state index contributed by atoms with van der Waals surface area (Å²) in [5.41, 5.74) is 11.0. The van der Waals surface area contributed by atoms with E-state index in [1.807, 2.05) is 17.5 Å². The van der Waals surface area contributed by atoms with Crippen molar-refractivity contribution < 1.29 is 0 Å². The van der Waals surface area contributed by atoms with Crippen LogP contribution in [0.2, 0.25) is 0 Å². The smallest absolute Gasteiger partial charge is 0.0952 e. The van der Waals surface area contributed by atoms with Crippen molar-refractivity contribution in [3.63, 3.8) is 0 Å². The van der Waals surface area contributed by atoms with Gasteiger partial charge in [-0.1, -0.05) is 18.3 Å². The number of thiocarbonyl (C=S) groups is 1. The van der Waals surface area contributed by atoms with E-state index in [1.165, 1.54) is 0 Å². The van der Waals surface area contributed by atoms with Crippen LogP contribution in [0.5, 0.6) is 0 Å². The molecule has 0 spiro atoms. The van der Waals surface area contributed by atoms with Crippen molar-refractivity contribution in [2.24, 2.45) is 11.5 Å². The van der Waals surface area contributed by atoms with Crippen molar-refractivity contribution >= 4 is 28.5 Å². The second-order valence-electron chi connectivity index (χ2n) is 1.90. The molecule has 0 fully saturated rings. The molecule has 1 heterocycles. The molecule has 54 valence electrons. The molecule has 0 aliphatic heterocycles. The van der Waals surface area contributed by atoms with E-state index in [2.05, 4.69) is 0 Å². The van der Waals surface area contributed by atoms with E-state index >= 15 is 0 Å². The number of rotatable bonds is 2. The van der Waals surface area contributed by atoms with Gasteiger partial charge >= 0.3 is 0 Å². The minimum absolute atomic E-state index is 0.269.